The first-order chi connectivity index (χ1) is 9.33. The zero-order chi connectivity index (χ0) is 13.1. The summed E-state index contributed by atoms with van der Waals surface area (Å²) in [6, 6.07) is 7.17. The standard InChI is InChI=1S/C12H10N6O/c19-12(9-17-7-5-13-15-17)10-1-3-11(4-2-10)18-8-6-14-16-18/h1-8H,9H2. The van der Waals surface area contributed by atoms with Gasteiger partial charge in [0.15, 0.2) is 5.78 Å². The van der Waals surface area contributed by atoms with E-state index in [1.807, 2.05) is 12.1 Å². The summed E-state index contributed by atoms with van der Waals surface area (Å²) in [6.45, 7) is 0.183. The Kier molecular flexibility index (Phi) is 2.85. The number of hydrogen-bond acceptors (Lipinski definition) is 5. The molecule has 7 nitrogen and oxygen atoms in total. The molecule has 0 spiro atoms. The Labute approximate surface area is 108 Å². The molecule has 2 aromatic heterocycles. The van der Waals surface area contributed by atoms with Gasteiger partial charge in [0.05, 0.1) is 24.3 Å². The molecule has 0 radical (unpaired) electrons. The SMILES string of the molecule is O=C(Cn1ccnn1)c1ccc(-n2ccnn2)cc1. The van der Waals surface area contributed by atoms with E-state index in [1.54, 1.807) is 41.6 Å². The molecule has 94 valence electrons. The molecule has 0 atom stereocenters. The number of nitrogens with zero attached hydrogens (tertiary/aromatic N) is 6. The molecule has 2 heterocycles. The van der Waals surface area contributed by atoms with Crippen molar-refractivity contribution in [1.82, 2.24) is 30.0 Å². The fraction of sp³-hybridized carbons (Fsp3) is 0.0833. The summed E-state index contributed by atoms with van der Waals surface area (Å²) in [7, 11) is 0. The molecule has 1 aromatic carbocycles. The van der Waals surface area contributed by atoms with Crippen LogP contribution in [-0.2, 0) is 6.54 Å². The molecule has 0 aliphatic rings. The van der Waals surface area contributed by atoms with Crippen molar-refractivity contribution in [2.75, 3.05) is 0 Å². The molecule has 0 N–H and O–H groups in total. The van der Waals surface area contributed by atoms with Crippen LogP contribution in [0.1, 0.15) is 10.4 Å². The summed E-state index contributed by atoms with van der Waals surface area (Å²) < 4.78 is 3.12. The number of ketones is 1. The van der Waals surface area contributed by atoms with E-state index in [9.17, 15) is 4.79 Å². The molecule has 0 aliphatic heterocycles. The average molecular weight is 254 g/mol. The summed E-state index contributed by atoms with van der Waals surface area (Å²) in [5, 5.41) is 15.0. The molecule has 0 amide bonds. The van der Waals surface area contributed by atoms with Gasteiger partial charge in [0.1, 0.15) is 6.54 Å². The van der Waals surface area contributed by atoms with Crippen LogP contribution in [0.4, 0.5) is 0 Å². The molecule has 0 fully saturated rings. The van der Waals surface area contributed by atoms with E-state index in [1.165, 1.54) is 4.68 Å². The second-order valence-electron chi connectivity index (χ2n) is 3.92. The van der Waals surface area contributed by atoms with E-state index >= 15 is 0 Å². The normalized spacial score (nSPS) is 10.5. The Morgan fingerprint density at radius 1 is 1.00 bits per heavy atom. The maximum Gasteiger partial charge on any atom is 0.184 e. The lowest BCUT2D eigenvalue weighted by molar-refractivity contribution is 0.0967. The van der Waals surface area contributed by atoms with E-state index in [2.05, 4.69) is 20.6 Å². The fourth-order valence-corrected chi connectivity index (χ4v) is 1.70. The lowest BCUT2D eigenvalue weighted by Gasteiger charge is -2.03. The van der Waals surface area contributed by atoms with Gasteiger partial charge in [-0.3, -0.25) is 4.79 Å². The van der Waals surface area contributed by atoms with Crippen LogP contribution in [0.15, 0.2) is 49.1 Å². The molecule has 7 heteroatoms. The van der Waals surface area contributed by atoms with Crippen molar-refractivity contribution in [3.8, 4) is 5.69 Å². The Hall–Kier alpha value is -2.83. The lowest BCUT2D eigenvalue weighted by Crippen LogP contribution is -2.11. The quantitative estimate of drug-likeness (QED) is 0.642. The third kappa shape index (κ3) is 2.39. The van der Waals surface area contributed by atoms with Crippen LogP contribution in [-0.4, -0.2) is 35.8 Å². The van der Waals surface area contributed by atoms with Gasteiger partial charge in [-0.25, -0.2) is 9.36 Å². The van der Waals surface area contributed by atoms with Crippen molar-refractivity contribution in [2.24, 2.45) is 0 Å². The van der Waals surface area contributed by atoms with Gasteiger partial charge < -0.3 is 0 Å². The van der Waals surface area contributed by atoms with Gasteiger partial charge in [-0.1, -0.05) is 10.4 Å². The molecule has 0 saturated heterocycles. The van der Waals surface area contributed by atoms with E-state index in [0.29, 0.717) is 5.56 Å². The zero-order valence-electron chi connectivity index (χ0n) is 9.92. The summed E-state index contributed by atoms with van der Waals surface area (Å²) in [4.78, 5) is 12.0. The Balaban J connectivity index is 1.77. The number of benzene rings is 1. The Bertz CT molecular complexity index is 657. The van der Waals surface area contributed by atoms with Gasteiger partial charge in [-0.2, -0.15) is 0 Å². The summed E-state index contributed by atoms with van der Waals surface area (Å²) >= 11 is 0. The molecule has 0 bridgehead atoms. The maximum atomic E-state index is 12.0. The fourth-order valence-electron chi connectivity index (χ4n) is 1.70. The third-order valence-corrected chi connectivity index (χ3v) is 2.65. The van der Waals surface area contributed by atoms with Crippen molar-refractivity contribution in [2.45, 2.75) is 6.54 Å². The van der Waals surface area contributed by atoms with Gasteiger partial charge in [0.2, 0.25) is 0 Å². The highest BCUT2D eigenvalue weighted by atomic mass is 16.1. The first-order valence-electron chi connectivity index (χ1n) is 5.67. The van der Waals surface area contributed by atoms with Crippen molar-refractivity contribution in [3.05, 3.63) is 54.6 Å². The number of hydrogen-bond donors (Lipinski definition) is 0. The molecule has 3 aromatic rings. The third-order valence-electron chi connectivity index (χ3n) is 2.65. The van der Waals surface area contributed by atoms with Gasteiger partial charge >= 0.3 is 0 Å². The minimum absolute atomic E-state index is 0.0179. The van der Waals surface area contributed by atoms with Crippen LogP contribution < -0.4 is 0 Å². The van der Waals surface area contributed by atoms with Crippen molar-refractivity contribution < 1.29 is 4.79 Å². The number of carbonyl (C=O) groups excluding carboxylic acids is 1. The van der Waals surface area contributed by atoms with Gasteiger partial charge in [0.25, 0.3) is 0 Å². The minimum Gasteiger partial charge on any atom is -0.292 e. The summed E-state index contributed by atoms with van der Waals surface area (Å²) in [6.07, 6.45) is 6.54. The van der Waals surface area contributed by atoms with Crippen LogP contribution in [0, 0.1) is 0 Å². The van der Waals surface area contributed by atoms with Crippen LogP contribution in [0.25, 0.3) is 5.69 Å². The molecule has 0 unspecified atom stereocenters. The molecule has 3 rings (SSSR count). The smallest absolute Gasteiger partial charge is 0.184 e. The number of aromatic nitrogens is 6. The highest BCUT2D eigenvalue weighted by Gasteiger charge is 2.07. The second kappa shape index (κ2) is 4.81. The number of rotatable bonds is 4. The van der Waals surface area contributed by atoms with Crippen LogP contribution in [0.2, 0.25) is 0 Å². The largest absolute Gasteiger partial charge is 0.292 e. The van der Waals surface area contributed by atoms with Gasteiger partial charge in [-0.15, -0.1) is 10.2 Å². The van der Waals surface area contributed by atoms with Gasteiger partial charge in [-0.05, 0) is 24.3 Å². The van der Waals surface area contributed by atoms with E-state index in [-0.39, 0.29) is 12.3 Å². The van der Waals surface area contributed by atoms with E-state index in [0.717, 1.165) is 5.69 Å². The highest BCUT2D eigenvalue weighted by molar-refractivity contribution is 5.95. The monoisotopic (exact) mass is 254 g/mol. The van der Waals surface area contributed by atoms with Crippen LogP contribution in [0.3, 0.4) is 0 Å². The van der Waals surface area contributed by atoms with Gasteiger partial charge in [0, 0.05) is 11.8 Å². The molecule has 19 heavy (non-hydrogen) atoms. The maximum absolute atomic E-state index is 12.0. The zero-order valence-corrected chi connectivity index (χ0v) is 9.92. The summed E-state index contributed by atoms with van der Waals surface area (Å²) in [5.74, 6) is -0.0179. The second-order valence-corrected chi connectivity index (χ2v) is 3.92. The van der Waals surface area contributed by atoms with Crippen molar-refractivity contribution in [3.63, 3.8) is 0 Å². The highest BCUT2D eigenvalue weighted by Crippen LogP contribution is 2.09. The van der Waals surface area contributed by atoms with Crippen molar-refractivity contribution in [1.29, 1.82) is 0 Å². The lowest BCUT2D eigenvalue weighted by atomic mass is 10.1. The summed E-state index contributed by atoms with van der Waals surface area (Å²) in [5.41, 5.74) is 1.48. The first kappa shape index (κ1) is 11.3. The van der Waals surface area contributed by atoms with E-state index in [4.69, 9.17) is 0 Å². The minimum atomic E-state index is -0.0179. The molecular weight excluding hydrogens is 244 g/mol. The van der Waals surface area contributed by atoms with E-state index < -0.39 is 0 Å². The van der Waals surface area contributed by atoms with Crippen LogP contribution in [0.5, 0.6) is 0 Å². The van der Waals surface area contributed by atoms with Crippen LogP contribution >= 0.6 is 0 Å². The topological polar surface area (TPSA) is 78.5 Å². The first-order valence-corrected chi connectivity index (χ1v) is 5.67. The average Bonchev–Trinajstić information content (AvgIpc) is 3.12. The molecule has 0 aliphatic carbocycles. The predicted molar refractivity (Wildman–Crippen MR) is 65.7 cm³/mol. The number of Topliss-reactive ketones (excluding diaryl/α,β-unsaturated/α-hetero) is 1. The predicted octanol–water partition coefficient (Wildman–Crippen LogP) is 0.742. The Morgan fingerprint density at radius 2 is 1.74 bits per heavy atom. The molecular formula is C12H10N6O. The number of carbonyl (C=O) groups is 1. The Morgan fingerprint density at radius 3 is 2.37 bits per heavy atom. The van der Waals surface area contributed by atoms with Crippen molar-refractivity contribution >= 4 is 5.78 Å². The molecule has 0 saturated carbocycles.